The van der Waals surface area contributed by atoms with Crippen LogP contribution >= 0.6 is 0 Å². The van der Waals surface area contributed by atoms with Crippen molar-refractivity contribution in [2.24, 2.45) is 0 Å². The second-order valence-corrected chi connectivity index (χ2v) is 2.38. The topological polar surface area (TPSA) is 26.3 Å². The highest BCUT2D eigenvalue weighted by Crippen LogP contribution is 2.04. The van der Waals surface area contributed by atoms with E-state index in [-0.39, 0.29) is 4.28 Å². The monoisotopic (exact) mass is 166 g/mol. The van der Waals surface area contributed by atoms with Crippen LogP contribution in [0.25, 0.3) is 0 Å². The third-order valence-electron chi connectivity index (χ3n) is 1.41. The van der Waals surface area contributed by atoms with E-state index in [0.29, 0.717) is 5.56 Å². The molecule has 0 unspecified atom stereocenters. The van der Waals surface area contributed by atoms with Crippen molar-refractivity contribution >= 4 is 5.97 Å². The highest BCUT2D eigenvalue weighted by molar-refractivity contribution is 5.90. The van der Waals surface area contributed by atoms with Crippen molar-refractivity contribution in [3.63, 3.8) is 0 Å². The van der Waals surface area contributed by atoms with E-state index < -0.39 is 5.97 Å². The van der Waals surface area contributed by atoms with Gasteiger partial charge in [0.25, 0.3) is 0 Å². The van der Waals surface area contributed by atoms with Crippen LogP contribution in [0, 0.1) is 19.5 Å². The van der Waals surface area contributed by atoms with Gasteiger partial charge in [0.05, 0.1) is 5.56 Å². The maximum Gasteiger partial charge on any atom is 0.352 e. The predicted molar refractivity (Wildman–Crippen MR) is 51.8 cm³/mol. The molecule has 1 rings (SSSR count). The van der Waals surface area contributed by atoms with E-state index in [1.54, 1.807) is 18.2 Å². The number of carbonyl (C=O) groups excluding carboxylic acids is 1. The summed E-state index contributed by atoms with van der Waals surface area (Å²) in [4.78, 5) is 11.0. The van der Waals surface area contributed by atoms with E-state index in [9.17, 15) is 4.79 Å². The van der Waals surface area contributed by atoms with Crippen molar-refractivity contribution in [1.29, 1.82) is 0 Å². The Morgan fingerprint density at radius 3 is 3.00 bits per heavy atom. The summed E-state index contributed by atoms with van der Waals surface area (Å²) in [6.45, 7) is 1.90. The first-order valence-corrected chi connectivity index (χ1v) is 3.47. The van der Waals surface area contributed by atoms with Crippen LogP contribution in [-0.2, 0) is 4.74 Å². The Labute approximate surface area is 75.6 Å². The normalized spacial score (nSPS) is 8.67. The molecule has 1 aromatic carbocycles. The molecule has 0 aliphatic rings. The quantitative estimate of drug-likeness (QED) is 0.473. The summed E-state index contributed by atoms with van der Waals surface area (Å²) in [7, 11) is 0. The first-order chi connectivity index (χ1) is 5.74. The van der Waals surface area contributed by atoms with Crippen molar-refractivity contribution in [1.82, 2.24) is 0 Å². The lowest BCUT2D eigenvalue weighted by atomic mass is 10.1. The zero-order valence-electron chi connectivity index (χ0n) is 6.70. The van der Waals surface area contributed by atoms with Crippen LogP contribution in [0.5, 0.6) is 0 Å². The minimum absolute atomic E-state index is 0. The summed E-state index contributed by atoms with van der Waals surface area (Å²) in [5, 5.41) is 0. The molecule has 2 heteroatoms. The Balaban J connectivity index is -0.000000480. The average molecular weight is 166 g/mol. The molecule has 66 valence electrons. The van der Waals surface area contributed by atoms with Crippen molar-refractivity contribution in [2.45, 2.75) is 6.92 Å². The van der Waals surface area contributed by atoms with Gasteiger partial charge in [-0.2, -0.15) is 0 Å². The van der Waals surface area contributed by atoms with E-state index in [1.807, 2.05) is 19.1 Å². The SMILES string of the molecule is C#COC(=O)c1cccc(C)c1.[HH].[HH].[HH]. The molecule has 0 fully saturated rings. The summed E-state index contributed by atoms with van der Waals surface area (Å²) in [6, 6.07) is 7.06. The Bertz CT molecular complexity index is 345. The van der Waals surface area contributed by atoms with Gasteiger partial charge in [-0.05, 0) is 19.1 Å². The van der Waals surface area contributed by atoms with Crippen molar-refractivity contribution in [3.05, 3.63) is 35.4 Å². The predicted octanol–water partition coefficient (Wildman–Crippen LogP) is 2.48. The fourth-order valence-corrected chi connectivity index (χ4v) is 0.884. The molecule has 0 atom stereocenters. The third-order valence-corrected chi connectivity index (χ3v) is 1.41. The fourth-order valence-electron chi connectivity index (χ4n) is 0.884. The number of carbonyl (C=O) groups is 1. The van der Waals surface area contributed by atoms with Crippen molar-refractivity contribution < 1.29 is 13.8 Å². The van der Waals surface area contributed by atoms with Gasteiger partial charge in [-0.25, -0.2) is 4.79 Å². The van der Waals surface area contributed by atoms with E-state index in [4.69, 9.17) is 6.42 Å². The molecule has 0 saturated heterocycles. The summed E-state index contributed by atoms with van der Waals surface area (Å²) >= 11 is 0. The summed E-state index contributed by atoms with van der Waals surface area (Å²) in [5.41, 5.74) is 1.48. The van der Waals surface area contributed by atoms with E-state index >= 15 is 0 Å². The fraction of sp³-hybridized carbons (Fsp3) is 0.100. The Morgan fingerprint density at radius 2 is 2.42 bits per heavy atom. The maximum atomic E-state index is 11.0. The molecule has 12 heavy (non-hydrogen) atoms. The van der Waals surface area contributed by atoms with Crippen molar-refractivity contribution in [2.75, 3.05) is 0 Å². The van der Waals surface area contributed by atoms with Gasteiger partial charge in [0.1, 0.15) is 6.11 Å². The maximum absolute atomic E-state index is 11.0. The summed E-state index contributed by atoms with van der Waals surface area (Å²) in [6.07, 6.45) is 6.65. The number of terminal acetylenes is 1. The lowest BCUT2D eigenvalue weighted by Gasteiger charge is -1.97. The molecule has 0 aliphatic carbocycles. The van der Waals surface area contributed by atoms with Crippen LogP contribution in [0.2, 0.25) is 0 Å². The van der Waals surface area contributed by atoms with Crippen LogP contribution in [0.1, 0.15) is 20.2 Å². The van der Waals surface area contributed by atoms with Gasteiger partial charge in [-0.3, -0.25) is 0 Å². The van der Waals surface area contributed by atoms with Gasteiger partial charge >= 0.3 is 5.97 Å². The van der Waals surface area contributed by atoms with E-state index in [2.05, 4.69) is 4.74 Å². The van der Waals surface area contributed by atoms with Crippen LogP contribution in [0.15, 0.2) is 24.3 Å². The number of rotatable bonds is 1. The van der Waals surface area contributed by atoms with Gasteiger partial charge < -0.3 is 4.74 Å². The van der Waals surface area contributed by atoms with Crippen LogP contribution < -0.4 is 0 Å². The lowest BCUT2D eigenvalue weighted by molar-refractivity contribution is 0.0691. The van der Waals surface area contributed by atoms with Gasteiger partial charge in [0, 0.05) is 4.28 Å². The molecule has 0 bridgehead atoms. The summed E-state index contributed by atoms with van der Waals surface area (Å²) < 4.78 is 4.37. The molecule has 0 spiro atoms. The first-order valence-electron chi connectivity index (χ1n) is 3.47. The minimum atomic E-state index is -0.485. The van der Waals surface area contributed by atoms with E-state index in [0.717, 1.165) is 5.56 Å². The highest BCUT2D eigenvalue weighted by atomic mass is 16.5. The van der Waals surface area contributed by atoms with Crippen molar-refractivity contribution in [3.8, 4) is 12.5 Å². The molecular formula is C10H14O2. The average Bonchev–Trinajstić information content (AvgIpc) is 2.05. The number of hydrogen-bond donors (Lipinski definition) is 0. The van der Waals surface area contributed by atoms with Gasteiger partial charge in [0.2, 0.25) is 0 Å². The smallest absolute Gasteiger partial charge is 0.352 e. The van der Waals surface area contributed by atoms with Crippen LogP contribution in [0.4, 0.5) is 0 Å². The number of esters is 1. The highest BCUT2D eigenvalue weighted by Gasteiger charge is 2.04. The molecule has 0 heterocycles. The molecule has 0 amide bonds. The molecule has 0 aliphatic heterocycles. The second-order valence-electron chi connectivity index (χ2n) is 2.38. The molecule has 0 radical (unpaired) electrons. The van der Waals surface area contributed by atoms with Gasteiger partial charge in [-0.1, -0.05) is 24.1 Å². The molecular weight excluding hydrogens is 152 g/mol. The zero-order chi connectivity index (χ0) is 8.97. The molecule has 2 nitrogen and oxygen atoms in total. The Hall–Kier alpha value is -1.75. The first kappa shape index (κ1) is 8.35. The largest absolute Gasteiger partial charge is 0.369 e. The molecule has 0 saturated carbocycles. The van der Waals surface area contributed by atoms with Gasteiger partial charge in [0.15, 0.2) is 0 Å². The Kier molecular flexibility index (Phi) is 2.49. The second kappa shape index (κ2) is 3.59. The summed E-state index contributed by atoms with van der Waals surface area (Å²) in [5.74, 6) is -0.485. The number of ether oxygens (including phenoxy) is 1. The minimum Gasteiger partial charge on any atom is -0.369 e. The molecule has 1 aromatic rings. The van der Waals surface area contributed by atoms with E-state index in [1.165, 1.54) is 0 Å². The van der Waals surface area contributed by atoms with Crippen LogP contribution in [0.3, 0.4) is 0 Å². The number of aryl methyl sites for hydroxylation is 1. The zero-order valence-corrected chi connectivity index (χ0v) is 6.70. The lowest BCUT2D eigenvalue weighted by Crippen LogP contribution is -2.00. The van der Waals surface area contributed by atoms with Crippen LogP contribution in [-0.4, -0.2) is 5.97 Å². The van der Waals surface area contributed by atoms with Gasteiger partial charge in [-0.15, -0.1) is 0 Å². The number of hydrogen-bond acceptors (Lipinski definition) is 2. The Morgan fingerprint density at radius 1 is 1.67 bits per heavy atom. The molecule has 0 N–H and O–H groups in total. The molecule has 0 aromatic heterocycles. The third kappa shape index (κ3) is 1.86. The standard InChI is InChI=1S/C10H8O2.3H2/c1-3-12-10(11)9-6-4-5-8(2)7-9;;;/h1,4-7H,2H3;3*1H. The number of benzene rings is 1.